The quantitative estimate of drug-likeness (QED) is 0.896. The molecule has 8 heteroatoms. The standard InChI is InChI=1S/C15H20N4O4/c1-9-16-14(18-17-9)12-6-11(22-3)7-19(12)15(20)13-5-4-10(23-13)8-21-2/h4-5,11-12H,6-8H2,1-3H3,(H,16,17,18)/t11-,12+/m1/s1. The van der Waals surface area contributed by atoms with Gasteiger partial charge in [-0.3, -0.25) is 9.89 Å². The Morgan fingerprint density at radius 2 is 2.30 bits per heavy atom. The van der Waals surface area contributed by atoms with E-state index in [1.54, 1.807) is 31.3 Å². The second kappa shape index (κ2) is 6.51. The number of aromatic amines is 1. The number of methoxy groups -OCH3 is 2. The Labute approximate surface area is 133 Å². The molecule has 1 aliphatic rings. The van der Waals surface area contributed by atoms with Crippen LogP contribution in [0, 0.1) is 6.92 Å². The first kappa shape index (κ1) is 15.7. The molecule has 3 heterocycles. The molecule has 0 saturated carbocycles. The first-order chi connectivity index (χ1) is 11.1. The number of furan rings is 1. The van der Waals surface area contributed by atoms with Crippen LogP contribution in [-0.4, -0.2) is 52.9 Å². The maximum absolute atomic E-state index is 12.8. The average molecular weight is 320 g/mol. The molecule has 1 N–H and O–H groups in total. The van der Waals surface area contributed by atoms with Gasteiger partial charge in [0.2, 0.25) is 0 Å². The summed E-state index contributed by atoms with van der Waals surface area (Å²) in [6.07, 6.45) is 0.613. The van der Waals surface area contributed by atoms with Gasteiger partial charge in [-0.2, -0.15) is 5.10 Å². The van der Waals surface area contributed by atoms with Crippen LogP contribution in [0.4, 0.5) is 0 Å². The fourth-order valence-corrected chi connectivity index (χ4v) is 2.80. The predicted octanol–water partition coefficient (Wildman–Crippen LogP) is 1.45. The van der Waals surface area contributed by atoms with E-state index in [4.69, 9.17) is 13.9 Å². The highest BCUT2D eigenvalue weighted by atomic mass is 16.5. The fraction of sp³-hybridized carbons (Fsp3) is 0.533. The van der Waals surface area contributed by atoms with Crippen LogP contribution in [0.25, 0.3) is 0 Å². The third-order valence-corrected chi connectivity index (χ3v) is 3.93. The number of H-pyrrole nitrogens is 1. The smallest absolute Gasteiger partial charge is 0.290 e. The molecule has 1 amide bonds. The molecule has 0 aromatic carbocycles. The molecule has 0 spiro atoms. The number of aromatic nitrogens is 3. The molecule has 124 valence electrons. The Morgan fingerprint density at radius 3 is 2.96 bits per heavy atom. The van der Waals surface area contributed by atoms with Crippen molar-refractivity contribution in [3.63, 3.8) is 0 Å². The van der Waals surface area contributed by atoms with Crippen LogP contribution < -0.4 is 0 Å². The largest absolute Gasteiger partial charge is 0.453 e. The molecule has 0 aliphatic carbocycles. The van der Waals surface area contributed by atoms with Crippen LogP contribution in [0.1, 0.15) is 40.4 Å². The summed E-state index contributed by atoms with van der Waals surface area (Å²) in [7, 11) is 3.22. The molecule has 8 nitrogen and oxygen atoms in total. The van der Waals surface area contributed by atoms with E-state index < -0.39 is 0 Å². The van der Waals surface area contributed by atoms with Gasteiger partial charge in [-0.15, -0.1) is 0 Å². The monoisotopic (exact) mass is 320 g/mol. The lowest BCUT2D eigenvalue weighted by atomic mass is 10.2. The van der Waals surface area contributed by atoms with Crippen molar-refractivity contribution < 1.29 is 18.7 Å². The third kappa shape index (κ3) is 3.13. The van der Waals surface area contributed by atoms with Crippen molar-refractivity contribution in [2.24, 2.45) is 0 Å². The summed E-state index contributed by atoms with van der Waals surface area (Å²) in [5.41, 5.74) is 0. The fourth-order valence-electron chi connectivity index (χ4n) is 2.80. The summed E-state index contributed by atoms with van der Waals surface area (Å²) in [6.45, 7) is 2.64. The number of carbonyl (C=O) groups excluding carboxylic acids is 1. The van der Waals surface area contributed by atoms with E-state index in [-0.39, 0.29) is 23.8 Å². The maximum Gasteiger partial charge on any atom is 0.290 e. The van der Waals surface area contributed by atoms with Crippen LogP contribution in [0.2, 0.25) is 0 Å². The molecule has 3 rings (SSSR count). The van der Waals surface area contributed by atoms with E-state index >= 15 is 0 Å². The Hall–Kier alpha value is -2.19. The van der Waals surface area contributed by atoms with Crippen molar-refractivity contribution in [1.82, 2.24) is 20.1 Å². The molecule has 1 aliphatic heterocycles. The number of carbonyl (C=O) groups is 1. The van der Waals surface area contributed by atoms with E-state index in [0.29, 0.717) is 37.0 Å². The number of nitrogens with zero attached hydrogens (tertiary/aromatic N) is 3. The van der Waals surface area contributed by atoms with Crippen LogP contribution >= 0.6 is 0 Å². The molecular formula is C15H20N4O4. The highest BCUT2D eigenvalue weighted by Crippen LogP contribution is 2.33. The summed E-state index contributed by atoms with van der Waals surface area (Å²) in [6, 6.07) is 3.18. The second-order valence-electron chi connectivity index (χ2n) is 5.54. The molecule has 2 aromatic rings. The first-order valence-electron chi connectivity index (χ1n) is 7.42. The van der Waals surface area contributed by atoms with E-state index in [1.165, 1.54) is 0 Å². The van der Waals surface area contributed by atoms with E-state index in [2.05, 4.69) is 15.2 Å². The van der Waals surface area contributed by atoms with Crippen molar-refractivity contribution >= 4 is 5.91 Å². The summed E-state index contributed by atoms with van der Waals surface area (Å²) >= 11 is 0. The highest BCUT2D eigenvalue weighted by molar-refractivity contribution is 5.92. The lowest BCUT2D eigenvalue weighted by Crippen LogP contribution is -2.32. The van der Waals surface area contributed by atoms with E-state index in [0.717, 1.165) is 0 Å². The molecule has 2 aromatic heterocycles. The Kier molecular flexibility index (Phi) is 4.44. The van der Waals surface area contributed by atoms with Crippen molar-refractivity contribution in [3.8, 4) is 0 Å². The molecule has 1 fully saturated rings. The van der Waals surface area contributed by atoms with Gasteiger partial charge in [0.25, 0.3) is 5.91 Å². The van der Waals surface area contributed by atoms with Gasteiger partial charge in [-0.1, -0.05) is 0 Å². The number of hydrogen-bond acceptors (Lipinski definition) is 6. The van der Waals surface area contributed by atoms with Crippen LogP contribution in [-0.2, 0) is 16.1 Å². The molecule has 0 radical (unpaired) electrons. The van der Waals surface area contributed by atoms with E-state index in [1.807, 2.05) is 6.92 Å². The molecule has 0 bridgehead atoms. The van der Waals surface area contributed by atoms with Gasteiger partial charge in [0, 0.05) is 27.2 Å². The van der Waals surface area contributed by atoms with Gasteiger partial charge in [0.05, 0.1) is 12.1 Å². The van der Waals surface area contributed by atoms with Gasteiger partial charge < -0.3 is 18.8 Å². The van der Waals surface area contributed by atoms with Gasteiger partial charge in [0.1, 0.15) is 18.2 Å². The Balaban J connectivity index is 1.83. The summed E-state index contributed by atoms with van der Waals surface area (Å²) in [5.74, 6) is 2.02. The van der Waals surface area contributed by atoms with Crippen LogP contribution in [0.3, 0.4) is 0 Å². The van der Waals surface area contributed by atoms with Crippen molar-refractivity contribution in [2.45, 2.75) is 32.1 Å². The Morgan fingerprint density at radius 1 is 1.48 bits per heavy atom. The molecule has 0 unspecified atom stereocenters. The van der Waals surface area contributed by atoms with Crippen molar-refractivity contribution in [1.29, 1.82) is 0 Å². The lowest BCUT2D eigenvalue weighted by molar-refractivity contribution is 0.0647. The van der Waals surface area contributed by atoms with Gasteiger partial charge in [-0.05, 0) is 19.1 Å². The topological polar surface area (TPSA) is 93.5 Å². The van der Waals surface area contributed by atoms with Gasteiger partial charge >= 0.3 is 0 Å². The van der Waals surface area contributed by atoms with Crippen LogP contribution in [0.15, 0.2) is 16.5 Å². The second-order valence-corrected chi connectivity index (χ2v) is 5.54. The minimum Gasteiger partial charge on any atom is -0.453 e. The molecule has 2 atom stereocenters. The summed E-state index contributed by atoms with van der Waals surface area (Å²) in [5, 5.41) is 7.01. The first-order valence-corrected chi connectivity index (χ1v) is 7.42. The Bertz CT molecular complexity index is 681. The van der Waals surface area contributed by atoms with Crippen molar-refractivity contribution in [2.75, 3.05) is 20.8 Å². The number of rotatable bonds is 5. The summed E-state index contributed by atoms with van der Waals surface area (Å²) < 4.78 is 16.0. The van der Waals surface area contributed by atoms with E-state index in [9.17, 15) is 4.79 Å². The average Bonchev–Trinajstić information content (AvgIpc) is 3.25. The minimum atomic E-state index is -0.228. The van der Waals surface area contributed by atoms with Crippen molar-refractivity contribution in [3.05, 3.63) is 35.3 Å². The number of amides is 1. The molecule has 1 saturated heterocycles. The highest BCUT2D eigenvalue weighted by Gasteiger charge is 2.39. The predicted molar refractivity (Wildman–Crippen MR) is 79.7 cm³/mol. The maximum atomic E-state index is 12.8. The normalized spacial score (nSPS) is 21.1. The zero-order chi connectivity index (χ0) is 16.4. The zero-order valence-electron chi connectivity index (χ0n) is 13.4. The molecule has 23 heavy (non-hydrogen) atoms. The zero-order valence-corrected chi connectivity index (χ0v) is 13.4. The SMILES string of the molecule is COCc1ccc(C(=O)N2C[C@H](OC)C[C@H]2c2n[nH]c(C)n2)o1. The lowest BCUT2D eigenvalue weighted by Gasteiger charge is -2.21. The van der Waals surface area contributed by atoms with Crippen LogP contribution in [0.5, 0.6) is 0 Å². The minimum absolute atomic E-state index is 0.0452. The third-order valence-electron chi connectivity index (χ3n) is 3.93. The summed E-state index contributed by atoms with van der Waals surface area (Å²) in [4.78, 5) is 18.8. The number of aryl methyl sites for hydroxylation is 1. The van der Waals surface area contributed by atoms with Gasteiger partial charge in [0.15, 0.2) is 11.6 Å². The number of likely N-dealkylation sites (tertiary alicyclic amines) is 1. The number of ether oxygens (including phenoxy) is 2. The van der Waals surface area contributed by atoms with Gasteiger partial charge in [-0.25, -0.2) is 4.98 Å². The number of nitrogens with one attached hydrogen (secondary N) is 1. The number of hydrogen-bond donors (Lipinski definition) is 1. The molecular weight excluding hydrogens is 300 g/mol.